The van der Waals surface area contributed by atoms with Crippen molar-refractivity contribution in [3.8, 4) is 5.75 Å². The van der Waals surface area contributed by atoms with Crippen LogP contribution in [0.25, 0.3) is 0 Å². The molecule has 1 aromatic heterocycles. The Labute approximate surface area is 134 Å². The topological polar surface area (TPSA) is 53.1 Å². The van der Waals surface area contributed by atoms with Gasteiger partial charge in [0.15, 0.2) is 0 Å². The second-order valence-electron chi connectivity index (χ2n) is 5.06. The van der Waals surface area contributed by atoms with Crippen LogP contribution in [-0.4, -0.2) is 9.78 Å². The molecular formula is C16H22BrN3O. The average Bonchev–Trinajstić information content (AvgIpc) is 2.88. The first kappa shape index (κ1) is 16.0. The molecule has 2 aromatic rings. The predicted octanol–water partition coefficient (Wildman–Crippen LogP) is 3.83. The number of halogens is 1. The fourth-order valence-corrected chi connectivity index (χ4v) is 2.61. The molecule has 21 heavy (non-hydrogen) atoms. The number of hydrogen-bond acceptors (Lipinski definition) is 3. The highest BCUT2D eigenvalue weighted by atomic mass is 79.9. The van der Waals surface area contributed by atoms with Crippen LogP contribution in [-0.2, 0) is 19.6 Å². The first-order valence-electron chi connectivity index (χ1n) is 7.28. The van der Waals surface area contributed by atoms with E-state index in [1.165, 1.54) is 0 Å². The van der Waals surface area contributed by atoms with Crippen LogP contribution in [0.1, 0.15) is 43.8 Å². The third kappa shape index (κ3) is 3.86. The summed E-state index contributed by atoms with van der Waals surface area (Å²) in [6, 6.07) is 7.97. The summed E-state index contributed by atoms with van der Waals surface area (Å²) < 4.78 is 8.98. The minimum atomic E-state index is -0.0696. The average molecular weight is 352 g/mol. The van der Waals surface area contributed by atoms with E-state index in [2.05, 4.69) is 40.9 Å². The van der Waals surface area contributed by atoms with E-state index in [1.807, 2.05) is 29.8 Å². The van der Waals surface area contributed by atoms with Crippen molar-refractivity contribution in [2.45, 2.75) is 46.4 Å². The number of aromatic nitrogens is 2. The summed E-state index contributed by atoms with van der Waals surface area (Å²) in [5.41, 5.74) is 9.20. The van der Waals surface area contributed by atoms with Crippen molar-refractivity contribution in [3.63, 3.8) is 0 Å². The molecule has 0 aliphatic heterocycles. The van der Waals surface area contributed by atoms with Gasteiger partial charge in [-0.3, -0.25) is 4.68 Å². The highest BCUT2D eigenvalue weighted by Crippen LogP contribution is 2.28. The van der Waals surface area contributed by atoms with Crippen molar-refractivity contribution in [2.75, 3.05) is 0 Å². The van der Waals surface area contributed by atoms with Gasteiger partial charge in [-0.25, -0.2) is 0 Å². The van der Waals surface area contributed by atoms with E-state index in [0.717, 1.165) is 40.1 Å². The first-order valence-corrected chi connectivity index (χ1v) is 8.07. The number of hydrogen-bond donors (Lipinski definition) is 1. The Morgan fingerprint density at radius 1 is 1.33 bits per heavy atom. The molecule has 0 bridgehead atoms. The minimum Gasteiger partial charge on any atom is -0.487 e. The Morgan fingerprint density at radius 2 is 2.10 bits per heavy atom. The highest BCUT2D eigenvalue weighted by molar-refractivity contribution is 9.10. The van der Waals surface area contributed by atoms with Gasteiger partial charge in [0.2, 0.25) is 0 Å². The predicted molar refractivity (Wildman–Crippen MR) is 88.4 cm³/mol. The molecule has 2 rings (SSSR count). The van der Waals surface area contributed by atoms with Gasteiger partial charge in [0, 0.05) is 22.6 Å². The van der Waals surface area contributed by atoms with E-state index in [4.69, 9.17) is 10.5 Å². The largest absolute Gasteiger partial charge is 0.487 e. The summed E-state index contributed by atoms with van der Waals surface area (Å²) in [7, 11) is 0. The molecule has 5 heteroatoms. The van der Waals surface area contributed by atoms with Gasteiger partial charge in [-0.1, -0.05) is 22.9 Å². The Bertz CT molecular complexity index is 608. The summed E-state index contributed by atoms with van der Waals surface area (Å²) in [6.07, 6.45) is 0.934. The number of ether oxygens (including phenoxy) is 1. The Morgan fingerprint density at radius 3 is 2.71 bits per heavy atom. The normalized spacial score (nSPS) is 12.4. The summed E-state index contributed by atoms with van der Waals surface area (Å²) in [5, 5.41) is 4.54. The number of nitrogens with zero attached hydrogens (tertiary/aromatic N) is 2. The van der Waals surface area contributed by atoms with Gasteiger partial charge in [0.1, 0.15) is 12.4 Å². The van der Waals surface area contributed by atoms with E-state index >= 15 is 0 Å². The molecule has 0 saturated heterocycles. The van der Waals surface area contributed by atoms with E-state index in [-0.39, 0.29) is 6.04 Å². The summed E-state index contributed by atoms with van der Waals surface area (Å²) >= 11 is 3.47. The molecule has 4 nitrogen and oxygen atoms in total. The fourth-order valence-electron chi connectivity index (χ4n) is 2.24. The van der Waals surface area contributed by atoms with Crippen LogP contribution in [0, 0.1) is 0 Å². The van der Waals surface area contributed by atoms with Gasteiger partial charge < -0.3 is 10.5 Å². The molecule has 1 aromatic carbocycles. The summed E-state index contributed by atoms with van der Waals surface area (Å²) in [6.45, 7) is 7.50. The van der Waals surface area contributed by atoms with E-state index < -0.39 is 0 Å². The monoisotopic (exact) mass is 351 g/mol. The smallest absolute Gasteiger partial charge is 0.130 e. The standard InChI is InChI=1S/C16H22BrN3O/c1-4-13-9-14(20(5-2)19-13)10-21-16-7-6-12(17)8-15(16)11(3)18/h6-9,11H,4-5,10,18H2,1-3H3/t11-/m0/s1. The number of rotatable bonds is 6. The molecule has 1 heterocycles. The van der Waals surface area contributed by atoms with Gasteiger partial charge in [-0.2, -0.15) is 5.10 Å². The van der Waals surface area contributed by atoms with Gasteiger partial charge in [0.25, 0.3) is 0 Å². The van der Waals surface area contributed by atoms with Gasteiger partial charge in [-0.05, 0) is 44.5 Å². The maximum Gasteiger partial charge on any atom is 0.130 e. The maximum atomic E-state index is 6.02. The third-order valence-corrected chi connectivity index (χ3v) is 3.91. The van der Waals surface area contributed by atoms with E-state index in [1.54, 1.807) is 0 Å². The van der Waals surface area contributed by atoms with E-state index in [0.29, 0.717) is 6.61 Å². The summed E-state index contributed by atoms with van der Waals surface area (Å²) in [5.74, 6) is 0.829. The first-order chi connectivity index (χ1) is 10.0. The highest BCUT2D eigenvalue weighted by Gasteiger charge is 2.11. The van der Waals surface area contributed by atoms with Crippen LogP contribution in [0.3, 0.4) is 0 Å². The molecule has 0 spiro atoms. The second kappa shape index (κ2) is 7.09. The van der Waals surface area contributed by atoms with Gasteiger partial charge in [-0.15, -0.1) is 0 Å². The molecule has 0 unspecified atom stereocenters. The molecule has 0 radical (unpaired) electrons. The molecule has 2 N–H and O–H groups in total. The molecule has 0 aliphatic carbocycles. The second-order valence-corrected chi connectivity index (χ2v) is 5.97. The van der Waals surface area contributed by atoms with Crippen molar-refractivity contribution in [2.24, 2.45) is 5.73 Å². The maximum absolute atomic E-state index is 6.02. The molecular weight excluding hydrogens is 330 g/mol. The lowest BCUT2D eigenvalue weighted by atomic mass is 10.1. The molecule has 0 saturated carbocycles. The van der Waals surface area contributed by atoms with Crippen molar-refractivity contribution >= 4 is 15.9 Å². The van der Waals surface area contributed by atoms with Crippen LogP contribution in [0.2, 0.25) is 0 Å². The third-order valence-electron chi connectivity index (χ3n) is 3.41. The lowest BCUT2D eigenvalue weighted by Gasteiger charge is -2.14. The zero-order valence-electron chi connectivity index (χ0n) is 12.8. The number of nitrogens with two attached hydrogens (primary N) is 1. The molecule has 0 aliphatic rings. The van der Waals surface area contributed by atoms with Crippen LogP contribution < -0.4 is 10.5 Å². The SMILES string of the molecule is CCc1cc(COc2ccc(Br)cc2[C@H](C)N)n(CC)n1. The Balaban J connectivity index is 2.18. The number of aryl methyl sites for hydroxylation is 2. The quantitative estimate of drug-likeness (QED) is 0.860. The lowest BCUT2D eigenvalue weighted by Crippen LogP contribution is -2.10. The van der Waals surface area contributed by atoms with Crippen LogP contribution in [0.15, 0.2) is 28.7 Å². The summed E-state index contributed by atoms with van der Waals surface area (Å²) in [4.78, 5) is 0. The molecule has 0 fully saturated rings. The van der Waals surface area contributed by atoms with Crippen molar-refractivity contribution < 1.29 is 4.74 Å². The molecule has 114 valence electrons. The van der Waals surface area contributed by atoms with Gasteiger partial charge >= 0.3 is 0 Å². The van der Waals surface area contributed by atoms with Crippen LogP contribution in [0.5, 0.6) is 5.75 Å². The zero-order chi connectivity index (χ0) is 15.4. The fraction of sp³-hybridized carbons (Fsp3) is 0.438. The van der Waals surface area contributed by atoms with Crippen molar-refractivity contribution in [1.82, 2.24) is 9.78 Å². The lowest BCUT2D eigenvalue weighted by molar-refractivity contribution is 0.288. The van der Waals surface area contributed by atoms with Gasteiger partial charge in [0.05, 0.1) is 11.4 Å². The molecule has 1 atom stereocenters. The van der Waals surface area contributed by atoms with Crippen LogP contribution >= 0.6 is 15.9 Å². The van der Waals surface area contributed by atoms with Crippen molar-refractivity contribution in [1.29, 1.82) is 0 Å². The zero-order valence-corrected chi connectivity index (χ0v) is 14.4. The van der Waals surface area contributed by atoms with Crippen LogP contribution in [0.4, 0.5) is 0 Å². The Kier molecular flexibility index (Phi) is 5.42. The molecule has 0 amide bonds. The Hall–Kier alpha value is -1.33. The van der Waals surface area contributed by atoms with E-state index in [9.17, 15) is 0 Å². The minimum absolute atomic E-state index is 0.0696. The number of benzene rings is 1. The van der Waals surface area contributed by atoms with Crippen molar-refractivity contribution in [3.05, 3.63) is 45.7 Å².